The van der Waals surface area contributed by atoms with Crippen LogP contribution in [0.15, 0.2) is 38.3 Å². The third kappa shape index (κ3) is 3.20. The van der Waals surface area contributed by atoms with E-state index in [1.165, 1.54) is 11.3 Å². The molecule has 0 spiro atoms. The first kappa shape index (κ1) is 14.4. The number of carboxylic acid groups (broad SMARTS) is 1. The van der Waals surface area contributed by atoms with Crippen LogP contribution in [0, 0.1) is 6.92 Å². The molecule has 4 nitrogen and oxygen atoms in total. The number of aromatic carboxylic acids is 1. The summed E-state index contributed by atoms with van der Waals surface area (Å²) in [6.07, 6.45) is 0. The van der Waals surface area contributed by atoms with Crippen molar-refractivity contribution in [3.05, 3.63) is 45.3 Å². The quantitative estimate of drug-likeness (QED) is 0.680. The van der Waals surface area contributed by atoms with Gasteiger partial charge in [-0.15, -0.1) is 34.4 Å². The third-order valence-electron chi connectivity index (χ3n) is 2.79. The largest absolute Gasteiger partial charge is 0.477 e. The molecule has 0 aliphatic carbocycles. The molecule has 0 atom stereocenters. The monoisotopic (exact) mass is 337 g/mol. The van der Waals surface area contributed by atoms with Crippen LogP contribution < -0.4 is 0 Å². The Morgan fingerprint density at radius 3 is 3.00 bits per heavy atom. The van der Waals surface area contributed by atoms with Crippen LogP contribution in [0.4, 0.5) is 0 Å². The van der Waals surface area contributed by atoms with Crippen LogP contribution >= 0.6 is 34.4 Å². The summed E-state index contributed by atoms with van der Waals surface area (Å²) >= 11 is 4.39. The van der Waals surface area contributed by atoms with Crippen molar-refractivity contribution >= 4 is 40.4 Å². The van der Waals surface area contributed by atoms with E-state index in [1.54, 1.807) is 29.2 Å². The topological polar surface area (TPSA) is 63.3 Å². The van der Waals surface area contributed by atoms with Gasteiger partial charge in [-0.3, -0.25) is 0 Å². The number of hydrogen-bond donors (Lipinski definition) is 1. The number of nitrogens with zero attached hydrogens (tertiary/aromatic N) is 1. The van der Waals surface area contributed by atoms with Gasteiger partial charge in [0.25, 0.3) is 0 Å². The molecule has 21 heavy (non-hydrogen) atoms. The van der Waals surface area contributed by atoms with E-state index >= 15 is 0 Å². The molecule has 3 heterocycles. The summed E-state index contributed by atoms with van der Waals surface area (Å²) < 4.78 is 5.69. The summed E-state index contributed by atoms with van der Waals surface area (Å²) in [6.45, 7) is 1.90. The molecule has 108 valence electrons. The molecule has 0 aromatic carbocycles. The van der Waals surface area contributed by atoms with Gasteiger partial charge in [0.2, 0.25) is 5.89 Å². The van der Waals surface area contributed by atoms with Gasteiger partial charge in [-0.1, -0.05) is 6.07 Å². The maximum Gasteiger partial charge on any atom is 0.345 e. The Kier molecular flexibility index (Phi) is 4.14. The number of hydrogen-bond acceptors (Lipinski definition) is 6. The summed E-state index contributed by atoms with van der Waals surface area (Å²) in [6, 6.07) is 5.63. The molecule has 1 N–H and O–H groups in total. The van der Waals surface area contributed by atoms with Crippen molar-refractivity contribution in [2.75, 3.05) is 0 Å². The molecule has 3 aromatic rings. The zero-order valence-corrected chi connectivity index (χ0v) is 13.5. The lowest BCUT2D eigenvalue weighted by Gasteiger charge is -1.95. The average molecular weight is 337 g/mol. The predicted molar refractivity (Wildman–Crippen MR) is 85.4 cm³/mol. The Labute approximate surface area is 133 Å². The van der Waals surface area contributed by atoms with Crippen LogP contribution in [0.3, 0.4) is 0 Å². The van der Waals surface area contributed by atoms with E-state index in [4.69, 9.17) is 9.52 Å². The molecule has 0 radical (unpaired) electrons. The Hall–Kier alpha value is -1.57. The molecule has 0 unspecified atom stereocenters. The van der Waals surface area contributed by atoms with Crippen molar-refractivity contribution in [2.45, 2.75) is 17.6 Å². The number of thioether (sulfide) groups is 1. The molecule has 0 amide bonds. The van der Waals surface area contributed by atoms with Crippen molar-refractivity contribution in [3.63, 3.8) is 0 Å². The Balaban J connectivity index is 1.71. The van der Waals surface area contributed by atoms with E-state index in [2.05, 4.69) is 4.98 Å². The van der Waals surface area contributed by atoms with Gasteiger partial charge in [0, 0.05) is 16.0 Å². The minimum Gasteiger partial charge on any atom is -0.477 e. The van der Waals surface area contributed by atoms with E-state index in [0.717, 1.165) is 21.2 Å². The zero-order valence-electron chi connectivity index (χ0n) is 11.0. The number of oxazole rings is 1. The first-order valence-corrected chi connectivity index (χ1v) is 8.83. The highest BCUT2D eigenvalue weighted by Crippen LogP contribution is 2.31. The summed E-state index contributed by atoms with van der Waals surface area (Å²) in [4.78, 5) is 17.7. The van der Waals surface area contributed by atoms with Gasteiger partial charge in [-0.05, 0) is 24.4 Å². The van der Waals surface area contributed by atoms with E-state index in [-0.39, 0.29) is 0 Å². The highest BCUT2D eigenvalue weighted by atomic mass is 32.2. The fraction of sp³-hybridized carbons (Fsp3) is 0.143. The average Bonchev–Trinajstić information content (AvgIpc) is 3.17. The number of aromatic nitrogens is 1. The summed E-state index contributed by atoms with van der Waals surface area (Å²) in [5.74, 6) is 1.23. The smallest absolute Gasteiger partial charge is 0.345 e. The first-order chi connectivity index (χ1) is 10.1. The molecule has 0 bridgehead atoms. The predicted octanol–water partition coefficient (Wildman–Crippen LogP) is 4.76. The maximum atomic E-state index is 10.9. The Morgan fingerprint density at radius 1 is 1.48 bits per heavy atom. The van der Waals surface area contributed by atoms with Crippen molar-refractivity contribution in [1.82, 2.24) is 4.98 Å². The van der Waals surface area contributed by atoms with Gasteiger partial charge in [0.15, 0.2) is 0 Å². The van der Waals surface area contributed by atoms with Crippen molar-refractivity contribution < 1.29 is 14.3 Å². The van der Waals surface area contributed by atoms with Crippen LogP contribution in [0.25, 0.3) is 10.8 Å². The van der Waals surface area contributed by atoms with Crippen molar-refractivity contribution in [3.8, 4) is 10.8 Å². The van der Waals surface area contributed by atoms with Crippen LogP contribution in [0.5, 0.6) is 0 Å². The SMILES string of the molecule is Cc1oc(-c2cccs2)nc1CSc1csc(C(=O)O)c1. The lowest BCUT2D eigenvalue weighted by Crippen LogP contribution is -1.90. The Morgan fingerprint density at radius 2 is 2.33 bits per heavy atom. The van der Waals surface area contributed by atoms with Gasteiger partial charge >= 0.3 is 5.97 Å². The standard InChI is InChI=1S/C14H11NO3S3/c1-8-10(15-13(18-8)11-3-2-4-19-11)7-20-9-5-12(14(16)17)21-6-9/h2-6H,7H2,1H3,(H,16,17). The van der Waals surface area contributed by atoms with Gasteiger partial charge in [-0.2, -0.15) is 0 Å². The van der Waals surface area contributed by atoms with Gasteiger partial charge in [-0.25, -0.2) is 9.78 Å². The summed E-state index contributed by atoms with van der Waals surface area (Å²) in [5.41, 5.74) is 0.895. The van der Waals surface area contributed by atoms with Crippen molar-refractivity contribution in [2.24, 2.45) is 0 Å². The van der Waals surface area contributed by atoms with Crippen LogP contribution in [0.1, 0.15) is 21.1 Å². The first-order valence-electron chi connectivity index (χ1n) is 6.08. The molecule has 7 heteroatoms. The normalized spacial score (nSPS) is 10.9. The fourth-order valence-electron chi connectivity index (χ4n) is 1.73. The molecular formula is C14H11NO3S3. The third-order valence-corrected chi connectivity index (χ3v) is 5.70. The molecule has 0 saturated heterocycles. The zero-order chi connectivity index (χ0) is 14.8. The van der Waals surface area contributed by atoms with E-state index in [1.807, 2.05) is 29.8 Å². The number of carboxylic acids is 1. The molecule has 3 aromatic heterocycles. The number of thiophene rings is 2. The van der Waals surface area contributed by atoms with Crippen LogP contribution in [-0.4, -0.2) is 16.1 Å². The molecule has 0 fully saturated rings. The second-order valence-electron chi connectivity index (χ2n) is 4.24. The number of carbonyl (C=O) groups is 1. The van der Waals surface area contributed by atoms with Gasteiger partial charge < -0.3 is 9.52 Å². The minimum atomic E-state index is -0.885. The van der Waals surface area contributed by atoms with Gasteiger partial charge in [0.1, 0.15) is 10.6 Å². The summed E-state index contributed by atoms with van der Waals surface area (Å²) in [7, 11) is 0. The molecule has 0 saturated carbocycles. The Bertz CT molecular complexity index is 758. The van der Waals surface area contributed by atoms with E-state index < -0.39 is 5.97 Å². The molecular weight excluding hydrogens is 326 g/mol. The molecule has 0 aliphatic heterocycles. The highest BCUT2D eigenvalue weighted by molar-refractivity contribution is 7.98. The molecule has 0 aliphatic rings. The minimum absolute atomic E-state index is 0.355. The number of aryl methyl sites for hydroxylation is 1. The second-order valence-corrected chi connectivity index (χ2v) is 7.15. The second kappa shape index (κ2) is 6.05. The van der Waals surface area contributed by atoms with E-state index in [9.17, 15) is 4.79 Å². The lowest BCUT2D eigenvalue weighted by atomic mass is 10.4. The maximum absolute atomic E-state index is 10.9. The fourth-order valence-corrected chi connectivity index (χ4v) is 4.25. The van der Waals surface area contributed by atoms with Crippen molar-refractivity contribution in [1.29, 1.82) is 0 Å². The van der Waals surface area contributed by atoms with E-state index in [0.29, 0.717) is 16.5 Å². The lowest BCUT2D eigenvalue weighted by molar-refractivity contribution is 0.0702. The highest BCUT2D eigenvalue weighted by Gasteiger charge is 2.13. The molecule has 3 rings (SSSR count). The summed E-state index contributed by atoms with van der Waals surface area (Å²) in [5, 5.41) is 12.8. The van der Waals surface area contributed by atoms with Crippen LogP contribution in [-0.2, 0) is 5.75 Å². The number of rotatable bonds is 5. The van der Waals surface area contributed by atoms with Crippen LogP contribution in [0.2, 0.25) is 0 Å². The van der Waals surface area contributed by atoms with Gasteiger partial charge in [0.05, 0.1) is 10.6 Å².